The first-order chi connectivity index (χ1) is 13.9. The minimum absolute atomic E-state index is 0.191. The Morgan fingerprint density at radius 2 is 1.97 bits per heavy atom. The predicted molar refractivity (Wildman–Crippen MR) is 119 cm³/mol. The third-order valence-electron chi connectivity index (χ3n) is 4.27. The highest BCUT2D eigenvalue weighted by Gasteiger charge is 2.10. The highest BCUT2D eigenvalue weighted by atomic mass is 15.3. The number of aromatic nitrogens is 3. The molecule has 0 atom stereocenters. The molecule has 1 aromatic carbocycles. The number of benzene rings is 1. The molecule has 150 valence electrons. The van der Waals surface area contributed by atoms with Gasteiger partial charge >= 0.3 is 0 Å². The Hall–Kier alpha value is -3.61. The smallest absolute Gasteiger partial charge is 0.148 e. The Morgan fingerprint density at radius 3 is 2.66 bits per heavy atom. The summed E-state index contributed by atoms with van der Waals surface area (Å²) in [6.45, 7) is 5.63. The molecular weight excluding hydrogens is 362 g/mol. The zero-order valence-electron chi connectivity index (χ0n) is 17.2. The molecule has 4 N–H and O–H groups in total. The van der Waals surface area contributed by atoms with E-state index in [2.05, 4.69) is 21.5 Å². The standard InChI is InChI=1S/C20H22N6.C2H5N/c1-13-9-18-15(5-4-8-24-18)10-16(13)11-20(22)26-19(21)7-6-17(25-26)14(2)12-23-3;1-2-3/h4-10,12,21-23H,11H2,1-3H3;2-3H,1H3/b14-12+,21-19?,22-20?;. The van der Waals surface area contributed by atoms with Gasteiger partial charge in [0.2, 0.25) is 0 Å². The van der Waals surface area contributed by atoms with Crippen molar-refractivity contribution in [3.05, 3.63) is 71.1 Å². The fourth-order valence-corrected chi connectivity index (χ4v) is 2.85. The summed E-state index contributed by atoms with van der Waals surface area (Å²) in [6, 6.07) is 11.5. The van der Waals surface area contributed by atoms with Crippen LogP contribution in [0.4, 0.5) is 0 Å². The highest BCUT2D eigenvalue weighted by Crippen LogP contribution is 2.18. The quantitative estimate of drug-likeness (QED) is 0.404. The van der Waals surface area contributed by atoms with E-state index >= 15 is 0 Å². The lowest BCUT2D eigenvalue weighted by Gasteiger charge is -2.12. The topological polar surface area (TPSA) is 114 Å². The maximum Gasteiger partial charge on any atom is 0.148 e. The monoisotopic (exact) mass is 389 g/mol. The molecule has 7 nitrogen and oxygen atoms in total. The van der Waals surface area contributed by atoms with Crippen LogP contribution in [0.1, 0.15) is 30.7 Å². The molecule has 29 heavy (non-hydrogen) atoms. The number of pyridine rings is 1. The van der Waals surface area contributed by atoms with Crippen LogP contribution in [0.5, 0.6) is 0 Å². The lowest BCUT2D eigenvalue weighted by Crippen LogP contribution is -2.30. The number of rotatable bonds is 4. The van der Waals surface area contributed by atoms with Gasteiger partial charge in [-0.05, 0) is 74.0 Å². The van der Waals surface area contributed by atoms with Gasteiger partial charge in [-0.3, -0.25) is 15.8 Å². The minimum atomic E-state index is 0.191. The van der Waals surface area contributed by atoms with Crippen LogP contribution in [0.3, 0.4) is 0 Å². The average Bonchev–Trinajstić information content (AvgIpc) is 2.69. The Kier molecular flexibility index (Phi) is 7.54. The molecule has 0 amide bonds. The Balaban J connectivity index is 0.000000941. The fraction of sp³-hybridized carbons (Fsp3) is 0.227. The van der Waals surface area contributed by atoms with Crippen molar-refractivity contribution in [1.29, 1.82) is 16.2 Å². The molecule has 3 rings (SSSR count). The zero-order chi connectivity index (χ0) is 21.4. The summed E-state index contributed by atoms with van der Waals surface area (Å²) >= 11 is 0. The van der Waals surface area contributed by atoms with E-state index in [1.165, 1.54) is 10.9 Å². The summed E-state index contributed by atoms with van der Waals surface area (Å²) in [7, 11) is 1.83. The first kappa shape index (κ1) is 21.7. The van der Waals surface area contributed by atoms with Crippen molar-refractivity contribution < 1.29 is 0 Å². The second-order valence-electron chi connectivity index (χ2n) is 6.52. The molecule has 0 radical (unpaired) electrons. The minimum Gasteiger partial charge on any atom is -0.394 e. The van der Waals surface area contributed by atoms with Crippen LogP contribution in [0, 0.1) is 23.2 Å². The molecule has 0 spiro atoms. The highest BCUT2D eigenvalue weighted by molar-refractivity contribution is 5.86. The molecule has 0 fully saturated rings. The van der Waals surface area contributed by atoms with E-state index in [-0.39, 0.29) is 11.3 Å². The fourth-order valence-electron chi connectivity index (χ4n) is 2.85. The van der Waals surface area contributed by atoms with Crippen molar-refractivity contribution in [2.24, 2.45) is 0 Å². The van der Waals surface area contributed by atoms with Gasteiger partial charge in [0.25, 0.3) is 0 Å². The number of hydrogen-bond acceptors (Lipinski definition) is 6. The van der Waals surface area contributed by atoms with Gasteiger partial charge in [0, 0.05) is 31.3 Å². The molecule has 0 saturated heterocycles. The van der Waals surface area contributed by atoms with E-state index in [0.29, 0.717) is 6.42 Å². The van der Waals surface area contributed by atoms with Gasteiger partial charge in [-0.2, -0.15) is 5.10 Å². The third kappa shape index (κ3) is 5.44. The van der Waals surface area contributed by atoms with Gasteiger partial charge in [0.05, 0.1) is 11.2 Å². The molecule has 0 saturated carbocycles. The molecule has 2 heterocycles. The first-order valence-corrected chi connectivity index (χ1v) is 9.27. The van der Waals surface area contributed by atoms with Gasteiger partial charge in [0.1, 0.15) is 11.3 Å². The van der Waals surface area contributed by atoms with Crippen LogP contribution in [0.25, 0.3) is 16.5 Å². The Bertz CT molecular complexity index is 1110. The van der Waals surface area contributed by atoms with E-state index in [9.17, 15) is 0 Å². The lowest BCUT2D eigenvalue weighted by molar-refractivity contribution is 0.786. The predicted octanol–water partition coefficient (Wildman–Crippen LogP) is 3.52. The second kappa shape index (κ2) is 10.1. The van der Waals surface area contributed by atoms with Crippen LogP contribution in [-0.2, 0) is 6.42 Å². The van der Waals surface area contributed by atoms with Crippen molar-refractivity contribution in [3.63, 3.8) is 0 Å². The molecule has 0 aliphatic heterocycles. The van der Waals surface area contributed by atoms with E-state index in [1.807, 2.05) is 45.3 Å². The number of nitrogens with zero attached hydrogens (tertiary/aromatic N) is 3. The summed E-state index contributed by atoms with van der Waals surface area (Å²) in [5, 5.41) is 31.2. The van der Waals surface area contributed by atoms with Gasteiger partial charge in [-0.25, -0.2) is 4.68 Å². The molecule has 0 aliphatic rings. The van der Waals surface area contributed by atoms with Crippen LogP contribution in [0.2, 0.25) is 0 Å². The molecule has 7 heteroatoms. The van der Waals surface area contributed by atoms with Crippen molar-refractivity contribution in [3.8, 4) is 0 Å². The number of fused-ring (bicyclic) bond motifs is 1. The summed E-state index contributed by atoms with van der Waals surface area (Å²) in [5.74, 6) is 0.264. The van der Waals surface area contributed by atoms with Crippen molar-refractivity contribution >= 4 is 28.5 Å². The van der Waals surface area contributed by atoms with Crippen molar-refractivity contribution in [2.45, 2.75) is 27.2 Å². The normalized spacial score (nSPS) is 10.8. The van der Waals surface area contributed by atoms with Crippen LogP contribution in [0.15, 0.2) is 48.8 Å². The summed E-state index contributed by atoms with van der Waals surface area (Å²) in [4.78, 5) is 4.37. The van der Waals surface area contributed by atoms with Crippen LogP contribution < -0.4 is 10.8 Å². The summed E-state index contributed by atoms with van der Waals surface area (Å²) in [5.41, 5.74) is 4.94. The maximum absolute atomic E-state index is 8.48. The van der Waals surface area contributed by atoms with Gasteiger partial charge < -0.3 is 10.7 Å². The van der Waals surface area contributed by atoms with Gasteiger partial charge in [-0.1, -0.05) is 6.07 Å². The zero-order valence-corrected chi connectivity index (χ0v) is 17.2. The first-order valence-electron chi connectivity index (χ1n) is 9.27. The Labute approximate surface area is 170 Å². The van der Waals surface area contributed by atoms with E-state index in [4.69, 9.17) is 16.2 Å². The van der Waals surface area contributed by atoms with Crippen molar-refractivity contribution in [2.75, 3.05) is 7.05 Å². The molecule has 0 bridgehead atoms. The number of allylic oxidation sites excluding steroid dienone is 1. The van der Waals surface area contributed by atoms with Gasteiger partial charge in [0.15, 0.2) is 0 Å². The van der Waals surface area contributed by atoms with E-state index in [1.54, 1.807) is 25.3 Å². The molecule has 3 aromatic rings. The van der Waals surface area contributed by atoms with Crippen molar-refractivity contribution in [1.82, 2.24) is 20.1 Å². The lowest BCUT2D eigenvalue weighted by atomic mass is 10.0. The third-order valence-corrected chi connectivity index (χ3v) is 4.27. The summed E-state index contributed by atoms with van der Waals surface area (Å²) < 4.78 is 1.38. The molecule has 0 unspecified atom stereocenters. The molecule has 0 aliphatic carbocycles. The number of nitrogens with one attached hydrogen (secondary N) is 4. The molecular formula is C22H27N7. The number of hydrogen-bond donors (Lipinski definition) is 4. The van der Waals surface area contributed by atoms with Crippen LogP contribution >= 0.6 is 0 Å². The van der Waals surface area contributed by atoms with E-state index in [0.717, 1.165) is 33.3 Å². The summed E-state index contributed by atoms with van der Waals surface area (Å²) in [6.07, 6.45) is 5.28. The number of aryl methyl sites for hydroxylation is 1. The largest absolute Gasteiger partial charge is 0.394 e. The second-order valence-corrected chi connectivity index (χ2v) is 6.52. The average molecular weight is 390 g/mol. The van der Waals surface area contributed by atoms with Crippen LogP contribution in [-0.4, -0.2) is 33.9 Å². The van der Waals surface area contributed by atoms with Gasteiger partial charge in [-0.15, -0.1) is 0 Å². The maximum atomic E-state index is 8.48. The molecule has 2 aromatic heterocycles. The Morgan fingerprint density at radius 1 is 1.24 bits per heavy atom. The van der Waals surface area contributed by atoms with E-state index < -0.39 is 0 Å². The SMILES string of the molecule is CC=N.CN/C=C(\C)c1ccc(=N)n(C(=N)Cc2cc3cccnc3cc2C)n1.